The molecule has 1 aliphatic heterocycles. The Balaban J connectivity index is 0.000000214. The highest BCUT2D eigenvalue weighted by Gasteiger charge is 2.51. The summed E-state index contributed by atoms with van der Waals surface area (Å²) < 4.78 is 26.5. The van der Waals surface area contributed by atoms with E-state index < -0.39 is 11.6 Å². The Morgan fingerprint density at radius 2 is 2.00 bits per heavy atom. The summed E-state index contributed by atoms with van der Waals surface area (Å²) in [6, 6.07) is 4.50. The third kappa shape index (κ3) is 5.70. The molecule has 2 aliphatic rings. The van der Waals surface area contributed by atoms with Crippen LogP contribution in [0.4, 0.5) is 8.78 Å². The fourth-order valence-corrected chi connectivity index (χ4v) is 4.59. The number of nitrogens with one attached hydrogen (secondary N) is 2. The molecule has 8 nitrogen and oxygen atoms in total. The van der Waals surface area contributed by atoms with Crippen molar-refractivity contribution in [1.29, 1.82) is 0 Å². The molecular weight excluding hydrogens is 490 g/mol. The van der Waals surface area contributed by atoms with E-state index in [1.54, 1.807) is 12.1 Å². The summed E-state index contributed by atoms with van der Waals surface area (Å²) in [6.07, 6.45) is 9.05. The van der Waals surface area contributed by atoms with Crippen LogP contribution in [0.1, 0.15) is 60.9 Å². The van der Waals surface area contributed by atoms with Crippen LogP contribution in [0, 0.1) is 11.6 Å². The zero-order chi connectivity index (χ0) is 25.7. The van der Waals surface area contributed by atoms with Gasteiger partial charge in [0.15, 0.2) is 5.82 Å². The maximum atomic E-state index is 14.1. The zero-order valence-corrected chi connectivity index (χ0v) is 20.6. The molecule has 1 spiro atoms. The number of carbonyl (C=O) groups is 2. The molecule has 1 saturated heterocycles. The molecule has 0 unspecified atom stereocenters. The Morgan fingerprint density at radius 1 is 1.19 bits per heavy atom. The van der Waals surface area contributed by atoms with E-state index in [1.807, 2.05) is 11.8 Å². The van der Waals surface area contributed by atoms with Crippen LogP contribution >= 0.6 is 11.6 Å². The number of rotatable bonds is 6. The molecule has 1 saturated carbocycles. The van der Waals surface area contributed by atoms with Crippen molar-refractivity contribution in [1.82, 2.24) is 30.4 Å². The molecule has 1 aliphatic carbocycles. The molecule has 0 bridgehead atoms. The van der Waals surface area contributed by atoms with Crippen molar-refractivity contribution in [3.63, 3.8) is 0 Å². The number of likely N-dealkylation sites (tertiary alicyclic amines) is 1. The lowest BCUT2D eigenvalue weighted by molar-refractivity contribution is -0.109. The lowest BCUT2D eigenvalue weighted by atomic mass is 9.99. The summed E-state index contributed by atoms with van der Waals surface area (Å²) in [5, 5.41) is 9.56. The monoisotopic (exact) mass is 516 g/mol. The second-order valence-electron chi connectivity index (χ2n) is 8.89. The molecule has 2 fully saturated rings. The lowest BCUT2D eigenvalue weighted by Gasteiger charge is -2.35. The highest BCUT2D eigenvalue weighted by Crippen LogP contribution is 2.48. The first-order chi connectivity index (χ1) is 17.4. The average molecular weight is 517 g/mol. The normalized spacial score (nSPS) is 15.7. The van der Waals surface area contributed by atoms with Gasteiger partial charge < -0.3 is 10.2 Å². The molecule has 5 rings (SSSR count). The average Bonchev–Trinajstić information content (AvgIpc) is 3.46. The number of aromatic amines is 1. The van der Waals surface area contributed by atoms with Crippen LogP contribution in [0.2, 0.25) is 5.02 Å². The van der Waals surface area contributed by atoms with Gasteiger partial charge in [0.2, 0.25) is 6.41 Å². The SMILES string of the molecule is CCc1cc(-c2cc(C(=O)N3CCCCC34CC4)[nH]n2)c(F)cn1.O=CNCc1ncc(F)cc1Cl. The van der Waals surface area contributed by atoms with Gasteiger partial charge in [-0.25, -0.2) is 8.78 Å². The number of nitrogens with zero attached hydrogens (tertiary/aromatic N) is 4. The van der Waals surface area contributed by atoms with E-state index in [2.05, 4.69) is 25.5 Å². The number of aromatic nitrogens is 4. The molecule has 36 heavy (non-hydrogen) atoms. The van der Waals surface area contributed by atoms with Crippen LogP contribution in [0.3, 0.4) is 0 Å². The molecular formula is C25H27ClF2N6O2. The van der Waals surface area contributed by atoms with Gasteiger partial charge in [0.05, 0.1) is 35.3 Å². The van der Waals surface area contributed by atoms with Gasteiger partial charge in [0, 0.05) is 23.3 Å². The smallest absolute Gasteiger partial charge is 0.272 e. The molecule has 11 heteroatoms. The van der Waals surface area contributed by atoms with Gasteiger partial charge in [0.25, 0.3) is 5.91 Å². The van der Waals surface area contributed by atoms with E-state index in [4.69, 9.17) is 11.6 Å². The van der Waals surface area contributed by atoms with Crippen LogP contribution < -0.4 is 5.32 Å². The number of aryl methyl sites for hydroxylation is 1. The number of pyridine rings is 2. The number of halogens is 3. The van der Waals surface area contributed by atoms with E-state index >= 15 is 0 Å². The predicted octanol–water partition coefficient (Wildman–Crippen LogP) is 4.45. The third-order valence-electron chi connectivity index (χ3n) is 6.51. The summed E-state index contributed by atoms with van der Waals surface area (Å²) in [7, 11) is 0. The van der Waals surface area contributed by atoms with Gasteiger partial charge in [0.1, 0.15) is 11.5 Å². The number of piperidine rings is 1. The van der Waals surface area contributed by atoms with Crippen molar-refractivity contribution in [2.24, 2.45) is 0 Å². The van der Waals surface area contributed by atoms with Crippen LogP contribution in [-0.4, -0.2) is 49.5 Å². The molecule has 4 heterocycles. The van der Waals surface area contributed by atoms with E-state index in [-0.39, 0.29) is 23.0 Å². The number of hydrogen-bond acceptors (Lipinski definition) is 5. The first kappa shape index (κ1) is 25.7. The van der Waals surface area contributed by atoms with Gasteiger partial charge >= 0.3 is 0 Å². The summed E-state index contributed by atoms with van der Waals surface area (Å²) >= 11 is 5.61. The molecule has 3 aromatic rings. The summed E-state index contributed by atoms with van der Waals surface area (Å²) in [5.41, 5.74) is 2.61. The Bertz CT molecular complexity index is 1250. The minimum atomic E-state index is -0.491. The standard InChI is InChI=1S/C18H21FN4O.C7H6ClFN2O/c1-2-12-9-13(14(19)11-20-12)15-10-16(22-21-15)17(24)23-8-4-3-5-18(23)6-7-18;8-6-1-5(9)2-11-7(6)3-10-4-12/h9-11H,2-8H2,1H3,(H,21,22);1-2,4H,3H2,(H,10,12). The highest BCUT2D eigenvalue weighted by atomic mass is 35.5. The summed E-state index contributed by atoms with van der Waals surface area (Å²) in [5.74, 6) is -0.930. The summed E-state index contributed by atoms with van der Waals surface area (Å²) in [6.45, 7) is 2.98. The minimum absolute atomic E-state index is 0.0175. The van der Waals surface area contributed by atoms with Crippen LogP contribution in [0.15, 0.2) is 30.6 Å². The number of amides is 2. The van der Waals surface area contributed by atoms with Crippen molar-refractivity contribution in [3.8, 4) is 11.3 Å². The van der Waals surface area contributed by atoms with E-state index in [1.165, 1.54) is 12.6 Å². The number of H-pyrrole nitrogens is 1. The van der Waals surface area contributed by atoms with E-state index in [0.717, 1.165) is 56.6 Å². The second-order valence-corrected chi connectivity index (χ2v) is 9.30. The van der Waals surface area contributed by atoms with Gasteiger partial charge in [-0.15, -0.1) is 0 Å². The van der Waals surface area contributed by atoms with Crippen LogP contribution in [0.25, 0.3) is 11.3 Å². The van der Waals surface area contributed by atoms with Crippen molar-refractivity contribution in [2.75, 3.05) is 6.54 Å². The fraction of sp³-hybridized carbons (Fsp3) is 0.400. The maximum Gasteiger partial charge on any atom is 0.272 e. The molecule has 0 atom stereocenters. The van der Waals surface area contributed by atoms with Crippen LogP contribution in [0.5, 0.6) is 0 Å². The van der Waals surface area contributed by atoms with Gasteiger partial charge in [-0.05, 0) is 56.7 Å². The molecule has 2 N–H and O–H groups in total. The first-order valence-electron chi connectivity index (χ1n) is 11.9. The Morgan fingerprint density at radius 3 is 2.69 bits per heavy atom. The number of hydrogen-bond donors (Lipinski definition) is 2. The molecule has 3 aromatic heterocycles. The lowest BCUT2D eigenvalue weighted by Crippen LogP contribution is -2.45. The highest BCUT2D eigenvalue weighted by molar-refractivity contribution is 6.31. The third-order valence-corrected chi connectivity index (χ3v) is 6.84. The van der Waals surface area contributed by atoms with Crippen molar-refractivity contribution >= 4 is 23.9 Å². The zero-order valence-electron chi connectivity index (χ0n) is 19.9. The van der Waals surface area contributed by atoms with Crippen molar-refractivity contribution in [3.05, 3.63) is 64.3 Å². The molecule has 0 aromatic carbocycles. The fourth-order valence-electron chi connectivity index (χ4n) is 4.37. The minimum Gasteiger partial charge on any atom is -0.353 e. The van der Waals surface area contributed by atoms with Crippen LogP contribution in [-0.2, 0) is 17.8 Å². The predicted molar refractivity (Wildman–Crippen MR) is 130 cm³/mol. The second kappa shape index (κ2) is 11.1. The van der Waals surface area contributed by atoms with Gasteiger partial charge in [-0.2, -0.15) is 5.10 Å². The largest absolute Gasteiger partial charge is 0.353 e. The Hall–Kier alpha value is -3.40. The van der Waals surface area contributed by atoms with Gasteiger partial charge in [-0.3, -0.25) is 24.7 Å². The quantitative estimate of drug-likeness (QED) is 0.471. The molecule has 190 valence electrons. The van der Waals surface area contributed by atoms with E-state index in [0.29, 0.717) is 29.1 Å². The molecule has 0 radical (unpaired) electrons. The maximum absolute atomic E-state index is 14.1. The van der Waals surface area contributed by atoms with Crippen molar-refractivity contribution in [2.45, 2.75) is 57.5 Å². The first-order valence-corrected chi connectivity index (χ1v) is 12.2. The Labute approximate surface area is 212 Å². The topological polar surface area (TPSA) is 104 Å². The summed E-state index contributed by atoms with van der Waals surface area (Å²) in [4.78, 5) is 32.5. The van der Waals surface area contributed by atoms with Crippen molar-refractivity contribution < 1.29 is 18.4 Å². The van der Waals surface area contributed by atoms with Gasteiger partial charge in [-0.1, -0.05) is 18.5 Å². The Kier molecular flexibility index (Phi) is 7.93. The molecule has 2 amide bonds. The number of carbonyl (C=O) groups excluding carboxylic acids is 2. The van der Waals surface area contributed by atoms with E-state index in [9.17, 15) is 18.4 Å².